The van der Waals surface area contributed by atoms with Gasteiger partial charge in [0.15, 0.2) is 0 Å². The summed E-state index contributed by atoms with van der Waals surface area (Å²) in [7, 11) is -0.420. The SMILES string of the molecule is CB(O)NC1CCc2ccccc21. The maximum absolute atomic E-state index is 9.23. The lowest BCUT2D eigenvalue weighted by Gasteiger charge is -2.13. The first-order valence-corrected chi connectivity index (χ1v) is 4.79. The van der Waals surface area contributed by atoms with E-state index < -0.39 is 7.05 Å². The first-order chi connectivity index (χ1) is 6.27. The monoisotopic (exact) mass is 175 g/mol. The van der Waals surface area contributed by atoms with Crippen LogP contribution in [0.1, 0.15) is 23.6 Å². The van der Waals surface area contributed by atoms with Crippen molar-refractivity contribution in [2.45, 2.75) is 25.7 Å². The van der Waals surface area contributed by atoms with Crippen molar-refractivity contribution in [3.63, 3.8) is 0 Å². The summed E-state index contributed by atoms with van der Waals surface area (Å²) < 4.78 is 0. The van der Waals surface area contributed by atoms with Gasteiger partial charge in [-0.2, -0.15) is 0 Å². The van der Waals surface area contributed by atoms with Crippen molar-refractivity contribution in [1.29, 1.82) is 0 Å². The van der Waals surface area contributed by atoms with Crippen molar-refractivity contribution >= 4 is 7.05 Å². The second-order valence-electron chi connectivity index (χ2n) is 3.63. The Morgan fingerprint density at radius 2 is 2.23 bits per heavy atom. The Hall–Kier alpha value is -0.795. The third-order valence-corrected chi connectivity index (χ3v) is 2.58. The molecule has 0 amide bonds. The number of nitrogens with one attached hydrogen (secondary N) is 1. The number of hydrogen-bond donors (Lipinski definition) is 2. The predicted molar refractivity (Wildman–Crippen MR) is 54.5 cm³/mol. The first kappa shape index (κ1) is 8.79. The molecule has 1 aliphatic rings. The molecule has 68 valence electrons. The highest BCUT2D eigenvalue weighted by atomic mass is 16.2. The highest BCUT2D eigenvalue weighted by Crippen LogP contribution is 2.30. The summed E-state index contributed by atoms with van der Waals surface area (Å²) in [6.07, 6.45) is 2.23. The fraction of sp³-hybridized carbons (Fsp3) is 0.400. The summed E-state index contributed by atoms with van der Waals surface area (Å²) >= 11 is 0. The zero-order valence-corrected chi connectivity index (χ0v) is 7.83. The molecule has 1 aromatic carbocycles. The topological polar surface area (TPSA) is 32.3 Å². The van der Waals surface area contributed by atoms with E-state index in [0.717, 1.165) is 12.8 Å². The molecule has 1 aliphatic carbocycles. The maximum Gasteiger partial charge on any atom is 0.374 e. The molecule has 1 aromatic rings. The zero-order valence-electron chi connectivity index (χ0n) is 7.83. The largest absolute Gasteiger partial charge is 0.437 e. The smallest absolute Gasteiger partial charge is 0.374 e. The van der Waals surface area contributed by atoms with Crippen LogP contribution in [0.3, 0.4) is 0 Å². The summed E-state index contributed by atoms with van der Waals surface area (Å²) in [5, 5.41) is 12.4. The number of rotatable bonds is 2. The number of fused-ring (bicyclic) bond motifs is 1. The Balaban J connectivity index is 2.18. The van der Waals surface area contributed by atoms with Crippen molar-refractivity contribution in [1.82, 2.24) is 5.23 Å². The third kappa shape index (κ3) is 1.76. The van der Waals surface area contributed by atoms with E-state index in [-0.39, 0.29) is 0 Å². The van der Waals surface area contributed by atoms with Gasteiger partial charge in [0.2, 0.25) is 0 Å². The van der Waals surface area contributed by atoms with Gasteiger partial charge >= 0.3 is 7.05 Å². The fourth-order valence-electron chi connectivity index (χ4n) is 2.02. The molecule has 0 bridgehead atoms. The van der Waals surface area contributed by atoms with Gasteiger partial charge in [-0.1, -0.05) is 24.3 Å². The lowest BCUT2D eigenvalue weighted by Crippen LogP contribution is -2.33. The average molecular weight is 175 g/mol. The van der Waals surface area contributed by atoms with Crippen LogP contribution in [0, 0.1) is 0 Å². The molecule has 0 spiro atoms. The van der Waals surface area contributed by atoms with Crippen LogP contribution in [0.5, 0.6) is 0 Å². The molecule has 3 heteroatoms. The zero-order chi connectivity index (χ0) is 9.26. The molecule has 0 saturated heterocycles. The van der Waals surface area contributed by atoms with Crippen LogP contribution in [0.4, 0.5) is 0 Å². The van der Waals surface area contributed by atoms with Crippen LogP contribution in [-0.4, -0.2) is 12.1 Å². The van der Waals surface area contributed by atoms with E-state index in [1.54, 1.807) is 6.82 Å². The molecule has 13 heavy (non-hydrogen) atoms. The van der Waals surface area contributed by atoms with E-state index in [1.165, 1.54) is 11.1 Å². The van der Waals surface area contributed by atoms with Gasteiger partial charge in [-0.25, -0.2) is 0 Å². The van der Waals surface area contributed by atoms with Crippen LogP contribution in [0.25, 0.3) is 0 Å². The van der Waals surface area contributed by atoms with Gasteiger partial charge in [0, 0.05) is 6.04 Å². The molecule has 2 N–H and O–H groups in total. The summed E-state index contributed by atoms with van der Waals surface area (Å²) in [5.74, 6) is 0. The van der Waals surface area contributed by atoms with Gasteiger partial charge in [-0.3, -0.25) is 0 Å². The molecule has 1 unspecified atom stereocenters. The second-order valence-corrected chi connectivity index (χ2v) is 3.63. The van der Waals surface area contributed by atoms with Crippen molar-refractivity contribution in [3.8, 4) is 0 Å². The van der Waals surface area contributed by atoms with E-state index in [0.29, 0.717) is 6.04 Å². The molecule has 0 radical (unpaired) electrons. The minimum Gasteiger partial charge on any atom is -0.437 e. The lowest BCUT2D eigenvalue weighted by molar-refractivity contribution is 0.520. The van der Waals surface area contributed by atoms with Gasteiger partial charge in [0.05, 0.1) is 0 Å². The highest BCUT2D eigenvalue weighted by Gasteiger charge is 2.23. The molecule has 0 fully saturated rings. The van der Waals surface area contributed by atoms with Crippen LogP contribution >= 0.6 is 0 Å². The fourth-order valence-corrected chi connectivity index (χ4v) is 2.02. The molecule has 0 saturated carbocycles. The summed E-state index contributed by atoms with van der Waals surface area (Å²) in [4.78, 5) is 0. The van der Waals surface area contributed by atoms with Gasteiger partial charge in [0.25, 0.3) is 0 Å². The Kier molecular flexibility index (Phi) is 2.38. The summed E-state index contributed by atoms with van der Waals surface area (Å²) in [6, 6.07) is 8.78. The van der Waals surface area contributed by atoms with Crippen molar-refractivity contribution in [2.24, 2.45) is 0 Å². The number of benzene rings is 1. The van der Waals surface area contributed by atoms with Crippen molar-refractivity contribution < 1.29 is 5.02 Å². The molecular weight excluding hydrogens is 161 g/mol. The first-order valence-electron chi connectivity index (χ1n) is 4.79. The second kappa shape index (κ2) is 3.52. The van der Waals surface area contributed by atoms with Gasteiger partial charge in [0.1, 0.15) is 0 Å². The Labute approximate surface area is 79.1 Å². The minimum atomic E-state index is -0.420. The molecular formula is C10H14BNO. The maximum atomic E-state index is 9.23. The highest BCUT2D eigenvalue weighted by molar-refractivity contribution is 6.45. The number of aryl methyl sites for hydroxylation is 1. The van der Waals surface area contributed by atoms with E-state index in [1.807, 2.05) is 0 Å². The molecule has 0 heterocycles. The summed E-state index contributed by atoms with van der Waals surface area (Å²) in [5.41, 5.74) is 2.77. The predicted octanol–water partition coefficient (Wildman–Crippen LogP) is 1.37. The quantitative estimate of drug-likeness (QED) is 0.665. The molecule has 0 aromatic heterocycles. The molecule has 2 nitrogen and oxygen atoms in total. The summed E-state index contributed by atoms with van der Waals surface area (Å²) in [6.45, 7) is 1.76. The lowest BCUT2D eigenvalue weighted by atomic mass is 9.86. The van der Waals surface area contributed by atoms with E-state index in [2.05, 4.69) is 29.5 Å². The van der Waals surface area contributed by atoms with Crippen LogP contribution in [-0.2, 0) is 6.42 Å². The molecule has 0 aliphatic heterocycles. The third-order valence-electron chi connectivity index (χ3n) is 2.58. The van der Waals surface area contributed by atoms with Gasteiger partial charge in [-0.05, 0) is 30.8 Å². The molecule has 1 atom stereocenters. The Bertz CT molecular complexity index is 301. The van der Waals surface area contributed by atoms with Crippen LogP contribution in [0.2, 0.25) is 6.82 Å². The van der Waals surface area contributed by atoms with Crippen LogP contribution in [0.15, 0.2) is 24.3 Å². The molecule has 2 rings (SSSR count). The van der Waals surface area contributed by atoms with E-state index in [4.69, 9.17) is 0 Å². The minimum absolute atomic E-state index is 0.344. The van der Waals surface area contributed by atoms with Gasteiger partial charge in [-0.15, -0.1) is 0 Å². The van der Waals surface area contributed by atoms with E-state index in [9.17, 15) is 5.02 Å². The van der Waals surface area contributed by atoms with Crippen molar-refractivity contribution in [2.75, 3.05) is 0 Å². The van der Waals surface area contributed by atoms with E-state index >= 15 is 0 Å². The average Bonchev–Trinajstić information content (AvgIpc) is 2.48. The normalized spacial score (nSPS) is 20.0. The van der Waals surface area contributed by atoms with Gasteiger partial charge < -0.3 is 10.3 Å². The Morgan fingerprint density at radius 1 is 1.46 bits per heavy atom. The Morgan fingerprint density at radius 3 is 3.00 bits per heavy atom. The van der Waals surface area contributed by atoms with Crippen LogP contribution < -0.4 is 5.23 Å². The number of hydrogen-bond acceptors (Lipinski definition) is 2. The standard InChI is InChI=1S/C10H14BNO/c1-11(13)12-10-7-6-8-4-2-3-5-9(8)10/h2-5,10,12-13H,6-7H2,1H3. The van der Waals surface area contributed by atoms with Crippen molar-refractivity contribution in [3.05, 3.63) is 35.4 Å².